The number of nitrogens with one attached hydrogen (secondary N) is 1. The van der Waals surface area contributed by atoms with Crippen molar-refractivity contribution >= 4 is 17.3 Å². The van der Waals surface area contributed by atoms with E-state index in [4.69, 9.17) is 5.73 Å². The van der Waals surface area contributed by atoms with Crippen molar-refractivity contribution in [2.45, 2.75) is 32.1 Å². The number of carbonyl (C=O) groups excluding carboxylic acids is 1. The van der Waals surface area contributed by atoms with Crippen molar-refractivity contribution in [3.05, 3.63) is 59.2 Å². The predicted molar refractivity (Wildman–Crippen MR) is 86.3 cm³/mol. The van der Waals surface area contributed by atoms with E-state index in [2.05, 4.69) is 11.4 Å². The van der Waals surface area contributed by atoms with Gasteiger partial charge in [0, 0.05) is 11.4 Å². The van der Waals surface area contributed by atoms with Crippen molar-refractivity contribution < 1.29 is 4.79 Å². The lowest BCUT2D eigenvalue weighted by molar-refractivity contribution is -0.115. The van der Waals surface area contributed by atoms with Gasteiger partial charge in [-0.25, -0.2) is 0 Å². The molecule has 0 saturated carbocycles. The van der Waals surface area contributed by atoms with Crippen LogP contribution in [0.3, 0.4) is 0 Å². The maximum Gasteiger partial charge on any atom is 0.228 e. The third-order valence-corrected chi connectivity index (χ3v) is 3.99. The molecule has 3 rings (SSSR count). The summed E-state index contributed by atoms with van der Waals surface area (Å²) < 4.78 is 0. The second-order valence-corrected chi connectivity index (χ2v) is 5.62. The molecule has 2 aromatic rings. The number of benzene rings is 2. The monoisotopic (exact) mass is 280 g/mol. The predicted octanol–water partition coefficient (Wildman–Crippen LogP) is 3.33. The number of aryl methyl sites for hydroxylation is 1. The summed E-state index contributed by atoms with van der Waals surface area (Å²) in [5.41, 5.74) is 11.0. The Morgan fingerprint density at radius 3 is 2.76 bits per heavy atom. The van der Waals surface area contributed by atoms with Crippen LogP contribution in [0.25, 0.3) is 0 Å². The molecule has 0 aliphatic heterocycles. The fourth-order valence-electron chi connectivity index (χ4n) is 2.98. The smallest absolute Gasteiger partial charge is 0.228 e. The Morgan fingerprint density at radius 1 is 1.10 bits per heavy atom. The number of carbonyl (C=O) groups is 1. The molecule has 0 unspecified atom stereocenters. The van der Waals surface area contributed by atoms with Gasteiger partial charge < -0.3 is 11.1 Å². The van der Waals surface area contributed by atoms with Crippen LogP contribution in [0.1, 0.15) is 29.5 Å². The molecule has 1 aliphatic carbocycles. The average Bonchev–Trinajstić information content (AvgIpc) is 2.47. The quantitative estimate of drug-likeness (QED) is 0.847. The first kappa shape index (κ1) is 13.7. The van der Waals surface area contributed by atoms with Crippen LogP contribution in [0.5, 0.6) is 0 Å². The molecular weight excluding hydrogens is 260 g/mol. The van der Waals surface area contributed by atoms with Gasteiger partial charge in [0.1, 0.15) is 0 Å². The molecule has 0 spiro atoms. The van der Waals surface area contributed by atoms with Gasteiger partial charge in [-0.3, -0.25) is 4.79 Å². The van der Waals surface area contributed by atoms with Gasteiger partial charge in [0.2, 0.25) is 5.91 Å². The number of fused-ring (bicyclic) bond motifs is 1. The number of rotatable bonds is 3. The lowest BCUT2D eigenvalue weighted by Crippen LogP contribution is -2.17. The molecule has 0 fully saturated rings. The van der Waals surface area contributed by atoms with E-state index in [1.807, 2.05) is 36.4 Å². The van der Waals surface area contributed by atoms with Crippen molar-refractivity contribution in [2.75, 3.05) is 11.1 Å². The fraction of sp³-hybridized carbons (Fsp3) is 0.278. The third-order valence-electron chi connectivity index (χ3n) is 3.99. The van der Waals surface area contributed by atoms with E-state index >= 15 is 0 Å². The van der Waals surface area contributed by atoms with Crippen LogP contribution in [0.4, 0.5) is 11.4 Å². The molecule has 0 atom stereocenters. The maximum absolute atomic E-state index is 12.2. The summed E-state index contributed by atoms with van der Waals surface area (Å²) >= 11 is 0. The van der Waals surface area contributed by atoms with Gasteiger partial charge in [-0.2, -0.15) is 0 Å². The van der Waals surface area contributed by atoms with Crippen LogP contribution < -0.4 is 11.1 Å². The lowest BCUT2D eigenvalue weighted by atomic mass is 9.90. The van der Waals surface area contributed by atoms with Crippen LogP contribution >= 0.6 is 0 Å². The van der Waals surface area contributed by atoms with E-state index in [1.54, 1.807) is 0 Å². The van der Waals surface area contributed by atoms with E-state index in [1.165, 1.54) is 24.0 Å². The average molecular weight is 280 g/mol. The van der Waals surface area contributed by atoms with Crippen LogP contribution in [0, 0.1) is 0 Å². The first-order valence-electron chi connectivity index (χ1n) is 7.47. The van der Waals surface area contributed by atoms with E-state index in [-0.39, 0.29) is 5.91 Å². The van der Waals surface area contributed by atoms with Crippen molar-refractivity contribution in [3.8, 4) is 0 Å². The van der Waals surface area contributed by atoms with Gasteiger partial charge in [-0.15, -0.1) is 0 Å². The molecule has 3 N–H and O–H groups in total. The Morgan fingerprint density at radius 2 is 1.90 bits per heavy atom. The second-order valence-electron chi connectivity index (χ2n) is 5.62. The minimum atomic E-state index is 0.0135. The van der Waals surface area contributed by atoms with Crippen molar-refractivity contribution in [1.29, 1.82) is 0 Å². The molecule has 1 aliphatic rings. The number of anilines is 2. The number of hydrogen-bond donors (Lipinski definition) is 2. The van der Waals surface area contributed by atoms with Crippen LogP contribution in [0.2, 0.25) is 0 Å². The van der Waals surface area contributed by atoms with E-state index in [9.17, 15) is 4.79 Å². The Kier molecular flexibility index (Phi) is 3.91. The van der Waals surface area contributed by atoms with Gasteiger partial charge >= 0.3 is 0 Å². The van der Waals surface area contributed by atoms with Gasteiger partial charge in [0.15, 0.2) is 0 Å². The zero-order valence-corrected chi connectivity index (χ0v) is 12.1. The van der Waals surface area contributed by atoms with Gasteiger partial charge in [0.25, 0.3) is 0 Å². The Hall–Kier alpha value is -2.29. The molecule has 1 amide bonds. The minimum Gasteiger partial charge on any atom is -0.399 e. The summed E-state index contributed by atoms with van der Waals surface area (Å²) in [6.45, 7) is 0. The highest BCUT2D eigenvalue weighted by atomic mass is 16.1. The molecule has 0 heterocycles. The van der Waals surface area contributed by atoms with Crippen molar-refractivity contribution in [1.82, 2.24) is 0 Å². The molecule has 2 aromatic carbocycles. The molecule has 0 saturated heterocycles. The third kappa shape index (κ3) is 3.24. The van der Waals surface area contributed by atoms with Crippen molar-refractivity contribution in [2.24, 2.45) is 0 Å². The van der Waals surface area contributed by atoms with E-state index in [0.717, 1.165) is 24.1 Å². The first-order valence-corrected chi connectivity index (χ1v) is 7.47. The Balaban J connectivity index is 1.73. The molecule has 21 heavy (non-hydrogen) atoms. The van der Waals surface area contributed by atoms with E-state index < -0.39 is 0 Å². The molecule has 0 bridgehead atoms. The summed E-state index contributed by atoms with van der Waals surface area (Å²) in [4.78, 5) is 12.2. The van der Waals surface area contributed by atoms with Gasteiger partial charge in [0.05, 0.1) is 6.42 Å². The first-order chi connectivity index (χ1) is 10.2. The highest BCUT2D eigenvalue weighted by Gasteiger charge is 2.14. The van der Waals surface area contributed by atoms with Crippen LogP contribution in [-0.4, -0.2) is 5.91 Å². The Labute approximate surface area is 125 Å². The zero-order chi connectivity index (χ0) is 14.7. The number of hydrogen-bond acceptors (Lipinski definition) is 2. The van der Waals surface area contributed by atoms with Crippen LogP contribution in [-0.2, 0) is 24.1 Å². The molecule has 108 valence electrons. The molecule has 3 nitrogen and oxygen atoms in total. The standard InChI is InChI=1S/C18H20N2O/c19-15-8-3-5-13(11-15)12-18(21)20-17-10-4-7-14-6-1-2-9-16(14)17/h3-5,7-8,10-11H,1-2,6,9,12,19H2,(H,20,21). The number of amides is 1. The normalized spacial score (nSPS) is 13.5. The summed E-state index contributed by atoms with van der Waals surface area (Å²) in [7, 11) is 0. The summed E-state index contributed by atoms with van der Waals surface area (Å²) in [5.74, 6) is 0.0135. The largest absolute Gasteiger partial charge is 0.399 e. The highest BCUT2D eigenvalue weighted by Crippen LogP contribution is 2.27. The number of nitrogens with two attached hydrogens (primary N) is 1. The van der Waals surface area contributed by atoms with Crippen molar-refractivity contribution in [3.63, 3.8) is 0 Å². The van der Waals surface area contributed by atoms with Crippen LogP contribution in [0.15, 0.2) is 42.5 Å². The summed E-state index contributed by atoms with van der Waals surface area (Å²) in [5, 5.41) is 3.06. The Bertz CT molecular complexity index is 664. The molecular formula is C18H20N2O. The fourth-order valence-corrected chi connectivity index (χ4v) is 2.98. The zero-order valence-electron chi connectivity index (χ0n) is 12.1. The molecule has 0 aromatic heterocycles. The van der Waals surface area contributed by atoms with Gasteiger partial charge in [-0.1, -0.05) is 24.3 Å². The van der Waals surface area contributed by atoms with Gasteiger partial charge in [-0.05, 0) is 60.6 Å². The van der Waals surface area contributed by atoms with E-state index in [0.29, 0.717) is 12.1 Å². The molecule has 3 heteroatoms. The summed E-state index contributed by atoms with van der Waals surface area (Å²) in [6.07, 6.45) is 4.98. The summed E-state index contributed by atoms with van der Waals surface area (Å²) in [6, 6.07) is 13.7. The SMILES string of the molecule is Nc1cccc(CC(=O)Nc2cccc3c2CCCC3)c1. The topological polar surface area (TPSA) is 55.1 Å². The highest BCUT2D eigenvalue weighted by molar-refractivity contribution is 5.93. The maximum atomic E-state index is 12.2. The molecule has 0 radical (unpaired) electrons. The second kappa shape index (κ2) is 6.00. The number of nitrogen functional groups attached to an aromatic ring is 1. The lowest BCUT2D eigenvalue weighted by Gasteiger charge is -2.19. The minimum absolute atomic E-state index is 0.0135.